The van der Waals surface area contributed by atoms with Gasteiger partial charge in [0.05, 0.1) is 11.4 Å². The number of hydrogen-bond acceptors (Lipinski definition) is 5. The van der Waals surface area contributed by atoms with E-state index in [2.05, 4.69) is 5.32 Å². The first-order chi connectivity index (χ1) is 6.34. The molecular formula is C9H16NO4-. The van der Waals surface area contributed by atoms with Crippen molar-refractivity contribution in [2.24, 2.45) is 5.41 Å². The Balaban J connectivity index is 3.46. The second-order valence-corrected chi connectivity index (χ2v) is 3.93. The Hall–Kier alpha value is -1.10. The molecule has 0 heterocycles. The van der Waals surface area contributed by atoms with Gasteiger partial charge in [0.15, 0.2) is 0 Å². The number of carboxylic acid groups (broad SMARTS) is 1. The maximum absolute atomic E-state index is 11.2. The molecule has 5 heteroatoms. The van der Waals surface area contributed by atoms with Gasteiger partial charge in [-0.25, -0.2) is 0 Å². The van der Waals surface area contributed by atoms with Crippen molar-refractivity contribution in [3.05, 3.63) is 0 Å². The maximum Gasteiger partial charge on any atom is 0.311 e. The summed E-state index contributed by atoms with van der Waals surface area (Å²) in [5.74, 6) is -1.47. The lowest BCUT2D eigenvalue weighted by molar-refractivity contribution is -0.304. The zero-order chi connectivity index (χ0) is 11.2. The summed E-state index contributed by atoms with van der Waals surface area (Å²) in [7, 11) is 0. The van der Waals surface area contributed by atoms with E-state index in [0.717, 1.165) is 0 Å². The first kappa shape index (κ1) is 12.9. The molecule has 0 bridgehead atoms. The molecular weight excluding hydrogens is 186 g/mol. The summed E-state index contributed by atoms with van der Waals surface area (Å²) < 4.78 is 4.87. The third-order valence-corrected chi connectivity index (χ3v) is 1.39. The third kappa shape index (κ3) is 6.42. The largest absolute Gasteiger partial charge is 0.549 e. The van der Waals surface area contributed by atoms with Gasteiger partial charge < -0.3 is 20.0 Å². The number of aliphatic carboxylic acids is 1. The monoisotopic (exact) mass is 202 g/mol. The molecule has 1 N–H and O–H groups in total. The summed E-state index contributed by atoms with van der Waals surface area (Å²) in [5, 5.41) is 12.5. The van der Waals surface area contributed by atoms with E-state index in [1.165, 1.54) is 0 Å². The SMILES string of the molecule is CC(C)(C)C(=O)OCCNCC(=O)[O-]. The lowest BCUT2D eigenvalue weighted by Crippen LogP contribution is -2.36. The van der Waals surface area contributed by atoms with E-state index in [-0.39, 0.29) is 19.1 Å². The molecule has 0 aliphatic heterocycles. The average Bonchev–Trinajstić information content (AvgIpc) is 2.01. The molecule has 0 spiro atoms. The number of ether oxygens (including phenoxy) is 1. The summed E-state index contributed by atoms with van der Waals surface area (Å²) in [4.78, 5) is 21.2. The predicted octanol–water partition coefficient (Wildman–Crippen LogP) is -1.08. The first-order valence-corrected chi connectivity index (χ1v) is 4.42. The molecule has 0 aliphatic carbocycles. The second kappa shape index (κ2) is 5.59. The molecule has 0 atom stereocenters. The molecule has 82 valence electrons. The number of carbonyl (C=O) groups excluding carboxylic acids is 2. The van der Waals surface area contributed by atoms with Crippen LogP contribution in [-0.4, -0.2) is 31.6 Å². The molecule has 0 unspecified atom stereocenters. The van der Waals surface area contributed by atoms with Crippen LogP contribution in [0.2, 0.25) is 0 Å². The lowest BCUT2D eigenvalue weighted by atomic mass is 9.97. The van der Waals surface area contributed by atoms with Crippen LogP contribution < -0.4 is 10.4 Å². The summed E-state index contributed by atoms with van der Waals surface area (Å²) in [6.07, 6.45) is 0. The van der Waals surface area contributed by atoms with Crippen molar-refractivity contribution in [3.63, 3.8) is 0 Å². The zero-order valence-electron chi connectivity index (χ0n) is 8.75. The van der Waals surface area contributed by atoms with Crippen molar-refractivity contribution in [1.29, 1.82) is 0 Å². The minimum Gasteiger partial charge on any atom is -0.549 e. The lowest BCUT2D eigenvalue weighted by Gasteiger charge is -2.16. The highest BCUT2D eigenvalue weighted by atomic mass is 16.5. The van der Waals surface area contributed by atoms with Crippen LogP contribution >= 0.6 is 0 Å². The van der Waals surface area contributed by atoms with Crippen LogP contribution in [0, 0.1) is 5.41 Å². The molecule has 0 amide bonds. The van der Waals surface area contributed by atoms with Gasteiger partial charge in [0.1, 0.15) is 6.61 Å². The fourth-order valence-corrected chi connectivity index (χ4v) is 0.623. The summed E-state index contributed by atoms with van der Waals surface area (Å²) in [6, 6.07) is 0. The fourth-order valence-electron chi connectivity index (χ4n) is 0.623. The van der Waals surface area contributed by atoms with Crippen molar-refractivity contribution in [3.8, 4) is 0 Å². The van der Waals surface area contributed by atoms with Crippen LogP contribution in [0.3, 0.4) is 0 Å². The standard InChI is InChI=1S/C9H17NO4/c1-9(2,3)8(13)14-5-4-10-6-7(11)12/h10H,4-6H2,1-3H3,(H,11,12)/p-1. The Bertz CT molecular complexity index is 207. The Morgan fingerprint density at radius 3 is 2.36 bits per heavy atom. The average molecular weight is 202 g/mol. The molecule has 0 rings (SSSR count). The van der Waals surface area contributed by atoms with Crippen LogP contribution in [0.25, 0.3) is 0 Å². The number of esters is 1. The minimum atomic E-state index is -1.17. The van der Waals surface area contributed by atoms with Gasteiger partial charge in [0, 0.05) is 13.1 Å². The topological polar surface area (TPSA) is 78.5 Å². The first-order valence-electron chi connectivity index (χ1n) is 4.42. The maximum atomic E-state index is 11.2. The van der Waals surface area contributed by atoms with Gasteiger partial charge in [-0.2, -0.15) is 0 Å². The summed E-state index contributed by atoms with van der Waals surface area (Å²) in [6.45, 7) is 5.52. The van der Waals surface area contributed by atoms with Gasteiger partial charge in [-0.3, -0.25) is 4.79 Å². The number of hydrogen-bond donors (Lipinski definition) is 1. The van der Waals surface area contributed by atoms with E-state index in [4.69, 9.17) is 4.74 Å². The van der Waals surface area contributed by atoms with Crippen molar-refractivity contribution in [2.75, 3.05) is 19.7 Å². The molecule has 0 aromatic rings. The molecule has 0 fully saturated rings. The zero-order valence-corrected chi connectivity index (χ0v) is 8.75. The van der Waals surface area contributed by atoms with Crippen molar-refractivity contribution < 1.29 is 19.4 Å². The van der Waals surface area contributed by atoms with E-state index < -0.39 is 11.4 Å². The Morgan fingerprint density at radius 1 is 1.36 bits per heavy atom. The molecule has 14 heavy (non-hydrogen) atoms. The number of carboxylic acids is 1. The Labute approximate surface area is 83.4 Å². The summed E-state index contributed by atoms with van der Waals surface area (Å²) in [5.41, 5.74) is -0.519. The van der Waals surface area contributed by atoms with Gasteiger partial charge in [0.2, 0.25) is 0 Å². The number of carbonyl (C=O) groups is 2. The van der Waals surface area contributed by atoms with Crippen LogP contribution in [0.15, 0.2) is 0 Å². The van der Waals surface area contributed by atoms with Crippen molar-refractivity contribution >= 4 is 11.9 Å². The van der Waals surface area contributed by atoms with Crippen LogP contribution in [0.5, 0.6) is 0 Å². The van der Waals surface area contributed by atoms with E-state index >= 15 is 0 Å². The summed E-state index contributed by atoms with van der Waals surface area (Å²) >= 11 is 0. The van der Waals surface area contributed by atoms with E-state index in [1.807, 2.05) is 0 Å². The fraction of sp³-hybridized carbons (Fsp3) is 0.778. The van der Waals surface area contributed by atoms with Gasteiger partial charge in [-0.05, 0) is 20.8 Å². The van der Waals surface area contributed by atoms with Crippen LogP contribution in [-0.2, 0) is 14.3 Å². The molecule has 0 saturated carbocycles. The highest BCUT2D eigenvalue weighted by molar-refractivity contribution is 5.75. The molecule has 0 aromatic carbocycles. The van der Waals surface area contributed by atoms with E-state index in [1.54, 1.807) is 20.8 Å². The van der Waals surface area contributed by atoms with Crippen molar-refractivity contribution in [2.45, 2.75) is 20.8 Å². The molecule has 0 saturated heterocycles. The van der Waals surface area contributed by atoms with Crippen LogP contribution in [0.1, 0.15) is 20.8 Å². The Morgan fingerprint density at radius 2 is 1.93 bits per heavy atom. The predicted molar refractivity (Wildman–Crippen MR) is 48.3 cm³/mol. The van der Waals surface area contributed by atoms with E-state index in [9.17, 15) is 14.7 Å². The van der Waals surface area contributed by atoms with Gasteiger partial charge in [-0.1, -0.05) is 0 Å². The molecule has 0 aliphatic rings. The highest BCUT2D eigenvalue weighted by Crippen LogP contribution is 2.14. The number of nitrogens with one attached hydrogen (secondary N) is 1. The minimum absolute atomic E-state index is 0.170. The number of rotatable bonds is 5. The normalized spacial score (nSPS) is 11.1. The van der Waals surface area contributed by atoms with Gasteiger partial charge >= 0.3 is 5.97 Å². The molecule has 0 aromatic heterocycles. The van der Waals surface area contributed by atoms with Crippen molar-refractivity contribution in [1.82, 2.24) is 5.32 Å². The molecule has 5 nitrogen and oxygen atoms in total. The van der Waals surface area contributed by atoms with Gasteiger partial charge in [-0.15, -0.1) is 0 Å². The quantitative estimate of drug-likeness (QED) is 0.453. The molecule has 0 radical (unpaired) electrons. The van der Waals surface area contributed by atoms with E-state index in [0.29, 0.717) is 6.54 Å². The Kier molecular flexibility index (Phi) is 5.15. The second-order valence-electron chi connectivity index (χ2n) is 3.93. The van der Waals surface area contributed by atoms with Gasteiger partial charge in [0.25, 0.3) is 0 Å². The van der Waals surface area contributed by atoms with Crippen LogP contribution in [0.4, 0.5) is 0 Å². The smallest absolute Gasteiger partial charge is 0.311 e. The third-order valence-electron chi connectivity index (χ3n) is 1.39. The highest BCUT2D eigenvalue weighted by Gasteiger charge is 2.22.